The fourth-order valence-electron chi connectivity index (χ4n) is 4.31. The fraction of sp³-hybridized carbons (Fsp3) is 0.636. The number of benzene rings is 1. The molecule has 0 N–H and O–H groups in total. The molecule has 0 bridgehead atoms. The van der Waals surface area contributed by atoms with Crippen molar-refractivity contribution in [2.45, 2.75) is 39.2 Å². The van der Waals surface area contributed by atoms with Gasteiger partial charge in [-0.25, -0.2) is 0 Å². The minimum Gasteiger partial charge on any atom is -0.340 e. The molecule has 2 aliphatic heterocycles. The molecule has 0 saturated carbocycles. The Labute approximate surface area is 163 Å². The standard InChI is InChI=1S/C22H32N4O/c1-3-24-11-13-26(14-12-24)22(27)16-19-7-9-25(10-8-19)18(2)21-6-4-5-20(15-21)17-23/h4-6,15,18-19H,3,7-14,16H2,1-2H3. The van der Waals surface area contributed by atoms with E-state index in [1.165, 1.54) is 5.56 Å². The van der Waals surface area contributed by atoms with Crippen LogP contribution in [0.5, 0.6) is 0 Å². The second kappa shape index (κ2) is 9.34. The highest BCUT2D eigenvalue weighted by Crippen LogP contribution is 2.28. The highest BCUT2D eigenvalue weighted by molar-refractivity contribution is 5.76. The molecule has 0 spiro atoms. The minimum atomic E-state index is 0.317. The topological polar surface area (TPSA) is 50.6 Å². The lowest BCUT2D eigenvalue weighted by molar-refractivity contribution is -0.134. The number of carbonyl (C=O) groups excluding carboxylic acids is 1. The third-order valence-corrected chi connectivity index (χ3v) is 6.33. The number of piperidine rings is 1. The van der Waals surface area contributed by atoms with E-state index in [0.717, 1.165) is 64.2 Å². The van der Waals surface area contributed by atoms with Crippen LogP contribution in [0.15, 0.2) is 24.3 Å². The summed E-state index contributed by atoms with van der Waals surface area (Å²) in [6.45, 7) is 11.3. The molecule has 27 heavy (non-hydrogen) atoms. The minimum absolute atomic E-state index is 0.317. The number of likely N-dealkylation sites (N-methyl/N-ethyl adjacent to an activating group) is 1. The molecule has 2 heterocycles. The van der Waals surface area contributed by atoms with Crippen LogP contribution in [0.25, 0.3) is 0 Å². The molecule has 2 saturated heterocycles. The Balaban J connectivity index is 1.46. The Hall–Kier alpha value is -1.90. The number of hydrogen-bond donors (Lipinski definition) is 0. The van der Waals surface area contributed by atoms with Gasteiger partial charge in [0.1, 0.15) is 0 Å². The Morgan fingerprint density at radius 2 is 1.89 bits per heavy atom. The van der Waals surface area contributed by atoms with E-state index in [2.05, 4.69) is 40.7 Å². The zero-order valence-electron chi connectivity index (χ0n) is 16.7. The lowest BCUT2D eigenvalue weighted by Gasteiger charge is -2.38. The third-order valence-electron chi connectivity index (χ3n) is 6.33. The van der Waals surface area contributed by atoms with E-state index in [1.807, 2.05) is 18.2 Å². The van der Waals surface area contributed by atoms with E-state index in [4.69, 9.17) is 5.26 Å². The lowest BCUT2D eigenvalue weighted by atomic mass is 9.91. The molecule has 0 aliphatic carbocycles. The first-order chi connectivity index (χ1) is 13.1. The number of nitrogens with zero attached hydrogens (tertiary/aromatic N) is 4. The van der Waals surface area contributed by atoms with Gasteiger partial charge < -0.3 is 9.80 Å². The first-order valence-corrected chi connectivity index (χ1v) is 10.3. The van der Waals surface area contributed by atoms with Crippen molar-refractivity contribution < 1.29 is 4.79 Å². The maximum absolute atomic E-state index is 12.6. The Morgan fingerprint density at radius 1 is 1.19 bits per heavy atom. The van der Waals surface area contributed by atoms with E-state index in [9.17, 15) is 4.79 Å². The van der Waals surface area contributed by atoms with E-state index in [-0.39, 0.29) is 0 Å². The van der Waals surface area contributed by atoms with Crippen LogP contribution >= 0.6 is 0 Å². The molecule has 5 nitrogen and oxygen atoms in total. The molecule has 1 amide bonds. The zero-order valence-corrected chi connectivity index (χ0v) is 16.7. The molecular formula is C22H32N4O. The van der Waals surface area contributed by atoms with Gasteiger partial charge in [-0.1, -0.05) is 19.1 Å². The van der Waals surface area contributed by atoms with Gasteiger partial charge in [-0.2, -0.15) is 5.26 Å². The van der Waals surface area contributed by atoms with Gasteiger partial charge in [-0.15, -0.1) is 0 Å². The number of hydrogen-bond acceptors (Lipinski definition) is 4. The molecule has 1 aromatic rings. The monoisotopic (exact) mass is 368 g/mol. The summed E-state index contributed by atoms with van der Waals surface area (Å²) >= 11 is 0. The smallest absolute Gasteiger partial charge is 0.222 e. The molecule has 2 fully saturated rings. The molecule has 2 aliphatic rings. The molecule has 1 unspecified atom stereocenters. The molecule has 3 rings (SSSR count). The number of rotatable bonds is 5. The van der Waals surface area contributed by atoms with Crippen molar-refractivity contribution in [3.63, 3.8) is 0 Å². The first-order valence-electron chi connectivity index (χ1n) is 10.3. The van der Waals surface area contributed by atoms with Crippen LogP contribution in [-0.4, -0.2) is 66.4 Å². The Kier molecular flexibility index (Phi) is 6.87. The van der Waals surface area contributed by atoms with Gasteiger partial charge in [0, 0.05) is 38.6 Å². The van der Waals surface area contributed by atoms with Gasteiger partial charge in [-0.3, -0.25) is 9.69 Å². The second-order valence-corrected chi connectivity index (χ2v) is 7.91. The number of nitriles is 1. The summed E-state index contributed by atoms with van der Waals surface area (Å²) in [6.07, 6.45) is 2.88. The average Bonchev–Trinajstić information content (AvgIpc) is 2.74. The molecule has 5 heteroatoms. The number of likely N-dealkylation sites (tertiary alicyclic amines) is 1. The highest BCUT2D eigenvalue weighted by Gasteiger charge is 2.27. The predicted octanol–water partition coefficient (Wildman–Crippen LogP) is 2.89. The van der Waals surface area contributed by atoms with Crippen LogP contribution in [0.1, 0.15) is 50.3 Å². The average molecular weight is 369 g/mol. The SMILES string of the molecule is CCN1CCN(C(=O)CC2CCN(C(C)c3cccc(C#N)c3)CC2)CC1. The molecule has 1 atom stereocenters. The second-order valence-electron chi connectivity index (χ2n) is 7.91. The maximum atomic E-state index is 12.6. The summed E-state index contributed by atoms with van der Waals surface area (Å²) in [7, 11) is 0. The Bertz CT molecular complexity index is 667. The summed E-state index contributed by atoms with van der Waals surface area (Å²) < 4.78 is 0. The van der Waals surface area contributed by atoms with Gasteiger partial charge in [-0.05, 0) is 63.0 Å². The normalized spacial score (nSPS) is 21.0. The van der Waals surface area contributed by atoms with Crippen LogP contribution in [-0.2, 0) is 4.79 Å². The van der Waals surface area contributed by atoms with Crippen molar-refractivity contribution in [3.8, 4) is 6.07 Å². The highest BCUT2D eigenvalue weighted by atomic mass is 16.2. The van der Waals surface area contributed by atoms with Crippen molar-refractivity contribution in [2.24, 2.45) is 5.92 Å². The third kappa shape index (κ3) is 5.09. The summed E-state index contributed by atoms with van der Waals surface area (Å²) in [5.74, 6) is 0.856. The maximum Gasteiger partial charge on any atom is 0.222 e. The fourth-order valence-corrected chi connectivity index (χ4v) is 4.31. The van der Waals surface area contributed by atoms with E-state index in [0.29, 0.717) is 24.3 Å². The van der Waals surface area contributed by atoms with Gasteiger partial charge in [0.05, 0.1) is 11.6 Å². The number of piperazine rings is 1. The lowest BCUT2D eigenvalue weighted by Crippen LogP contribution is -2.49. The van der Waals surface area contributed by atoms with Crippen molar-refractivity contribution >= 4 is 5.91 Å². The van der Waals surface area contributed by atoms with Crippen molar-refractivity contribution in [2.75, 3.05) is 45.8 Å². The molecular weight excluding hydrogens is 336 g/mol. The molecule has 146 valence electrons. The van der Waals surface area contributed by atoms with E-state index >= 15 is 0 Å². The van der Waals surface area contributed by atoms with Crippen LogP contribution < -0.4 is 0 Å². The van der Waals surface area contributed by atoms with E-state index in [1.54, 1.807) is 0 Å². The van der Waals surface area contributed by atoms with Crippen LogP contribution in [0, 0.1) is 17.2 Å². The quantitative estimate of drug-likeness (QED) is 0.802. The largest absolute Gasteiger partial charge is 0.340 e. The van der Waals surface area contributed by atoms with E-state index < -0.39 is 0 Å². The summed E-state index contributed by atoms with van der Waals surface area (Å²) in [4.78, 5) is 19.6. The molecule has 1 aromatic carbocycles. The van der Waals surface area contributed by atoms with Crippen molar-refractivity contribution in [3.05, 3.63) is 35.4 Å². The number of carbonyl (C=O) groups is 1. The summed E-state index contributed by atoms with van der Waals surface area (Å²) in [5.41, 5.74) is 1.93. The summed E-state index contributed by atoms with van der Waals surface area (Å²) in [6, 6.07) is 10.5. The Morgan fingerprint density at radius 3 is 2.52 bits per heavy atom. The molecule has 0 aromatic heterocycles. The number of amides is 1. The van der Waals surface area contributed by atoms with Crippen LogP contribution in [0.4, 0.5) is 0 Å². The van der Waals surface area contributed by atoms with Gasteiger partial charge in [0.15, 0.2) is 0 Å². The predicted molar refractivity (Wildman–Crippen MR) is 107 cm³/mol. The summed E-state index contributed by atoms with van der Waals surface area (Å²) in [5, 5.41) is 9.11. The molecule has 0 radical (unpaired) electrons. The van der Waals surface area contributed by atoms with Crippen LogP contribution in [0.2, 0.25) is 0 Å². The van der Waals surface area contributed by atoms with Gasteiger partial charge >= 0.3 is 0 Å². The zero-order chi connectivity index (χ0) is 19.2. The van der Waals surface area contributed by atoms with Crippen LogP contribution in [0.3, 0.4) is 0 Å². The van der Waals surface area contributed by atoms with Crippen molar-refractivity contribution in [1.29, 1.82) is 5.26 Å². The van der Waals surface area contributed by atoms with Gasteiger partial charge in [0.2, 0.25) is 5.91 Å². The van der Waals surface area contributed by atoms with Gasteiger partial charge in [0.25, 0.3) is 0 Å². The van der Waals surface area contributed by atoms with Crippen molar-refractivity contribution in [1.82, 2.24) is 14.7 Å². The first kappa shape index (κ1) is 19.9.